The zero-order valence-corrected chi connectivity index (χ0v) is 11.5. The normalized spacial score (nSPS) is 18.8. The van der Waals surface area contributed by atoms with Gasteiger partial charge in [-0.15, -0.1) is 11.3 Å². The molecule has 0 spiro atoms. The van der Waals surface area contributed by atoms with E-state index < -0.39 is 6.04 Å². The lowest BCUT2D eigenvalue weighted by Crippen LogP contribution is -2.50. The molecule has 20 heavy (non-hydrogen) atoms. The van der Waals surface area contributed by atoms with E-state index >= 15 is 0 Å². The number of nitrogens with zero attached hydrogens (tertiary/aromatic N) is 1. The molecule has 1 atom stereocenters. The van der Waals surface area contributed by atoms with E-state index in [9.17, 15) is 9.59 Å². The van der Waals surface area contributed by atoms with E-state index in [-0.39, 0.29) is 11.8 Å². The van der Waals surface area contributed by atoms with E-state index in [1.165, 1.54) is 11.3 Å². The van der Waals surface area contributed by atoms with E-state index in [0.717, 1.165) is 11.1 Å². The van der Waals surface area contributed by atoms with Crippen molar-refractivity contribution in [1.29, 1.82) is 0 Å². The molecule has 0 saturated carbocycles. The van der Waals surface area contributed by atoms with Gasteiger partial charge in [0.05, 0.1) is 10.4 Å². The van der Waals surface area contributed by atoms with Gasteiger partial charge in [-0.2, -0.15) is 0 Å². The summed E-state index contributed by atoms with van der Waals surface area (Å²) in [5.74, 6) is -0.449. The molecular formula is C13H14N4O2S. The molecule has 6 nitrogen and oxygen atoms in total. The van der Waals surface area contributed by atoms with Gasteiger partial charge in [0.1, 0.15) is 16.4 Å². The summed E-state index contributed by atoms with van der Waals surface area (Å²) in [6.45, 7) is 0.667. The maximum atomic E-state index is 12.3. The van der Waals surface area contributed by atoms with Crippen LogP contribution in [0.2, 0.25) is 0 Å². The Morgan fingerprint density at radius 2 is 2.40 bits per heavy atom. The standard InChI is InChI=1S/C13H14N4O2S/c14-9-10-8(4-2-5-15-10)20-11(9)13(19)17-7-3-1-6-16-12(7)18/h2,4-5,7H,1,3,6,14H2,(H,16,18)(H,17,19). The van der Waals surface area contributed by atoms with Crippen molar-refractivity contribution in [2.45, 2.75) is 18.9 Å². The highest BCUT2D eigenvalue weighted by Gasteiger charge is 2.26. The molecule has 0 aliphatic carbocycles. The molecular weight excluding hydrogens is 276 g/mol. The van der Waals surface area contributed by atoms with Crippen LogP contribution in [-0.4, -0.2) is 29.4 Å². The average molecular weight is 290 g/mol. The lowest BCUT2D eigenvalue weighted by Gasteiger charge is -2.22. The molecule has 2 amide bonds. The Bertz CT molecular complexity index is 682. The number of pyridine rings is 1. The Morgan fingerprint density at radius 1 is 1.55 bits per heavy atom. The third-order valence-corrected chi connectivity index (χ3v) is 4.44. The Hall–Kier alpha value is -2.15. The summed E-state index contributed by atoms with van der Waals surface area (Å²) in [4.78, 5) is 28.5. The third kappa shape index (κ3) is 2.20. The number of nitrogen functional groups attached to an aromatic ring is 1. The summed E-state index contributed by atoms with van der Waals surface area (Å²) < 4.78 is 0.864. The number of hydrogen-bond acceptors (Lipinski definition) is 5. The number of piperidine rings is 1. The largest absolute Gasteiger partial charge is 0.396 e. The molecule has 3 heterocycles. The molecule has 0 bridgehead atoms. The van der Waals surface area contributed by atoms with Crippen molar-refractivity contribution in [3.05, 3.63) is 23.2 Å². The second-order valence-electron chi connectivity index (χ2n) is 4.65. The summed E-state index contributed by atoms with van der Waals surface area (Å²) in [7, 11) is 0. The first-order valence-electron chi connectivity index (χ1n) is 6.38. The Balaban J connectivity index is 1.85. The third-order valence-electron chi connectivity index (χ3n) is 3.28. The van der Waals surface area contributed by atoms with Crippen LogP contribution in [0.1, 0.15) is 22.5 Å². The highest BCUT2D eigenvalue weighted by molar-refractivity contribution is 7.21. The number of nitrogens with one attached hydrogen (secondary N) is 2. The maximum Gasteiger partial charge on any atom is 0.264 e. The summed E-state index contributed by atoms with van der Waals surface area (Å²) in [6, 6.07) is 3.19. The van der Waals surface area contributed by atoms with Crippen LogP contribution >= 0.6 is 11.3 Å². The van der Waals surface area contributed by atoms with Crippen molar-refractivity contribution < 1.29 is 9.59 Å². The van der Waals surface area contributed by atoms with Crippen molar-refractivity contribution in [2.75, 3.05) is 12.3 Å². The summed E-state index contributed by atoms with van der Waals surface area (Å²) in [6.07, 6.45) is 3.16. The van der Waals surface area contributed by atoms with Crippen molar-refractivity contribution in [3.8, 4) is 0 Å². The molecule has 2 aromatic heterocycles. The number of hydrogen-bond donors (Lipinski definition) is 3. The fourth-order valence-electron chi connectivity index (χ4n) is 2.25. The fourth-order valence-corrected chi connectivity index (χ4v) is 3.23. The number of aromatic nitrogens is 1. The van der Waals surface area contributed by atoms with Gasteiger partial charge in [-0.25, -0.2) is 0 Å². The van der Waals surface area contributed by atoms with E-state index in [2.05, 4.69) is 15.6 Å². The van der Waals surface area contributed by atoms with Crippen LogP contribution in [0.15, 0.2) is 18.3 Å². The Labute approximate surface area is 119 Å². The summed E-state index contributed by atoms with van der Waals surface area (Å²) in [5.41, 5.74) is 6.98. The molecule has 0 radical (unpaired) electrons. The minimum atomic E-state index is -0.478. The van der Waals surface area contributed by atoms with Gasteiger partial charge in [-0.05, 0) is 25.0 Å². The van der Waals surface area contributed by atoms with Gasteiger partial charge < -0.3 is 16.4 Å². The van der Waals surface area contributed by atoms with Crippen LogP contribution in [0, 0.1) is 0 Å². The predicted molar refractivity (Wildman–Crippen MR) is 77.5 cm³/mol. The topological polar surface area (TPSA) is 97.1 Å². The molecule has 1 unspecified atom stereocenters. The molecule has 1 fully saturated rings. The number of carbonyl (C=O) groups is 2. The number of rotatable bonds is 2. The Kier molecular flexibility index (Phi) is 3.27. The molecule has 7 heteroatoms. The second kappa shape index (κ2) is 5.09. The van der Waals surface area contributed by atoms with E-state index in [0.29, 0.717) is 29.0 Å². The molecule has 1 aliphatic heterocycles. The van der Waals surface area contributed by atoms with Gasteiger partial charge in [0.25, 0.3) is 5.91 Å². The van der Waals surface area contributed by atoms with Crippen LogP contribution in [0.4, 0.5) is 5.69 Å². The number of amides is 2. The van der Waals surface area contributed by atoms with Crippen LogP contribution in [0.5, 0.6) is 0 Å². The second-order valence-corrected chi connectivity index (χ2v) is 5.71. The highest BCUT2D eigenvalue weighted by atomic mass is 32.1. The fraction of sp³-hybridized carbons (Fsp3) is 0.308. The number of nitrogens with two attached hydrogens (primary N) is 1. The smallest absolute Gasteiger partial charge is 0.264 e. The first kappa shape index (κ1) is 12.9. The molecule has 1 saturated heterocycles. The summed E-state index contributed by atoms with van der Waals surface area (Å²) >= 11 is 1.29. The average Bonchev–Trinajstić information content (AvgIpc) is 2.79. The molecule has 4 N–H and O–H groups in total. The van der Waals surface area contributed by atoms with Crippen LogP contribution in [-0.2, 0) is 4.79 Å². The molecule has 104 valence electrons. The number of thiophene rings is 1. The van der Waals surface area contributed by atoms with Crippen molar-refractivity contribution in [3.63, 3.8) is 0 Å². The van der Waals surface area contributed by atoms with Gasteiger partial charge in [0.15, 0.2) is 0 Å². The molecule has 0 aromatic carbocycles. The highest BCUT2D eigenvalue weighted by Crippen LogP contribution is 2.31. The van der Waals surface area contributed by atoms with Crippen LogP contribution in [0.3, 0.4) is 0 Å². The minimum absolute atomic E-state index is 0.137. The Morgan fingerprint density at radius 3 is 3.15 bits per heavy atom. The SMILES string of the molecule is Nc1c(C(=O)NC2CCCNC2=O)sc2cccnc12. The van der Waals surface area contributed by atoms with Gasteiger partial charge in [0.2, 0.25) is 5.91 Å². The lowest BCUT2D eigenvalue weighted by atomic mass is 10.1. The van der Waals surface area contributed by atoms with Gasteiger partial charge in [-0.1, -0.05) is 0 Å². The maximum absolute atomic E-state index is 12.3. The molecule has 2 aromatic rings. The monoisotopic (exact) mass is 290 g/mol. The zero-order chi connectivity index (χ0) is 14.1. The van der Waals surface area contributed by atoms with Gasteiger partial charge in [0, 0.05) is 12.7 Å². The van der Waals surface area contributed by atoms with Crippen molar-refractivity contribution in [1.82, 2.24) is 15.6 Å². The van der Waals surface area contributed by atoms with Crippen molar-refractivity contribution in [2.24, 2.45) is 0 Å². The summed E-state index contributed by atoms with van der Waals surface area (Å²) in [5, 5.41) is 5.47. The van der Waals surface area contributed by atoms with E-state index in [4.69, 9.17) is 5.73 Å². The quantitative estimate of drug-likeness (QED) is 0.765. The first-order chi connectivity index (χ1) is 9.66. The predicted octanol–water partition coefficient (Wildman–Crippen LogP) is 0.887. The minimum Gasteiger partial charge on any atom is -0.396 e. The van der Waals surface area contributed by atoms with Crippen molar-refractivity contribution >= 4 is 39.1 Å². The number of carbonyl (C=O) groups excluding carboxylic acids is 2. The molecule has 3 rings (SSSR count). The zero-order valence-electron chi connectivity index (χ0n) is 10.7. The van der Waals surface area contributed by atoms with E-state index in [1.54, 1.807) is 12.3 Å². The van der Waals surface area contributed by atoms with Gasteiger partial charge in [-0.3, -0.25) is 14.6 Å². The number of fused-ring (bicyclic) bond motifs is 1. The van der Waals surface area contributed by atoms with Crippen LogP contribution in [0.25, 0.3) is 10.2 Å². The van der Waals surface area contributed by atoms with Gasteiger partial charge >= 0.3 is 0 Å². The lowest BCUT2D eigenvalue weighted by molar-refractivity contribution is -0.124. The van der Waals surface area contributed by atoms with E-state index in [1.807, 2.05) is 6.07 Å². The first-order valence-corrected chi connectivity index (χ1v) is 7.20. The van der Waals surface area contributed by atoms with Crippen LogP contribution < -0.4 is 16.4 Å². The molecule has 1 aliphatic rings. The number of anilines is 1.